The molecular formula is C26H39N7O6. The van der Waals surface area contributed by atoms with Gasteiger partial charge in [-0.3, -0.25) is 9.59 Å². The standard InChI is InChI=1S/C26H39N7O6/c1-5-38-23(36)26-14-17(26)11-9-7-6-8-10-12-18(27-24(37)39-25(2,3)4)22(35)33-15-16(20-29-31-32-30-20)13-19(33)21(34)28-26/h9,11,16-19H,5-8,10,12-15H2,1-4H3,(H,27,37)(H,28,34)(H,29,30,31,32)/t16-,17-,18+,19+,26-/m1/s1. The number of ether oxygens (including phenoxy) is 2. The number of fused-ring (bicyclic) bond motifs is 2. The van der Waals surface area contributed by atoms with E-state index in [0.29, 0.717) is 25.1 Å². The molecule has 0 radical (unpaired) electrons. The first-order chi connectivity index (χ1) is 18.5. The first-order valence-electron chi connectivity index (χ1n) is 13.7. The number of hydrogen-bond donors (Lipinski definition) is 3. The van der Waals surface area contributed by atoms with Gasteiger partial charge in [0.2, 0.25) is 11.8 Å². The van der Waals surface area contributed by atoms with Crippen LogP contribution >= 0.6 is 0 Å². The molecule has 3 heterocycles. The number of carbonyl (C=O) groups is 4. The van der Waals surface area contributed by atoms with Crippen molar-refractivity contribution in [2.75, 3.05) is 13.2 Å². The zero-order chi connectivity index (χ0) is 28.2. The van der Waals surface area contributed by atoms with Gasteiger partial charge in [-0.05, 0) is 59.8 Å². The monoisotopic (exact) mass is 545 g/mol. The summed E-state index contributed by atoms with van der Waals surface area (Å²) in [5, 5.41) is 19.8. The topological polar surface area (TPSA) is 168 Å². The lowest BCUT2D eigenvalue weighted by Crippen LogP contribution is -2.56. The van der Waals surface area contributed by atoms with Gasteiger partial charge in [0, 0.05) is 18.4 Å². The van der Waals surface area contributed by atoms with Gasteiger partial charge in [0.1, 0.15) is 23.2 Å². The fraction of sp³-hybridized carbons (Fsp3) is 0.731. The second-order valence-corrected chi connectivity index (χ2v) is 11.5. The minimum Gasteiger partial charge on any atom is -0.464 e. The van der Waals surface area contributed by atoms with Crippen LogP contribution in [0.1, 0.15) is 84.4 Å². The Bertz CT molecular complexity index is 1090. The van der Waals surface area contributed by atoms with E-state index in [9.17, 15) is 19.2 Å². The summed E-state index contributed by atoms with van der Waals surface area (Å²) in [5.74, 6) is -1.46. The minimum absolute atomic E-state index is 0.165. The number of amides is 3. The van der Waals surface area contributed by atoms with Crippen molar-refractivity contribution < 1.29 is 28.7 Å². The van der Waals surface area contributed by atoms with Crippen molar-refractivity contribution >= 4 is 23.9 Å². The maximum Gasteiger partial charge on any atom is 0.408 e. The minimum atomic E-state index is -1.16. The van der Waals surface area contributed by atoms with E-state index in [1.165, 1.54) is 4.90 Å². The van der Waals surface area contributed by atoms with E-state index >= 15 is 0 Å². The Labute approximate surface area is 227 Å². The van der Waals surface area contributed by atoms with Crippen LogP contribution in [0.2, 0.25) is 0 Å². The SMILES string of the molecule is CCOC(=O)[C@@]12C[C@H]1C=CCCCCC[C@H](NC(=O)OC(C)(C)C)C(=O)N1C[C@H](c3nn[nH]n3)C[C@H]1C(=O)N2. The molecule has 5 atom stereocenters. The highest BCUT2D eigenvalue weighted by Gasteiger charge is 2.62. The lowest BCUT2D eigenvalue weighted by Gasteiger charge is -2.30. The summed E-state index contributed by atoms with van der Waals surface area (Å²) in [6.45, 7) is 7.33. The molecular weight excluding hydrogens is 506 g/mol. The summed E-state index contributed by atoms with van der Waals surface area (Å²) in [6.07, 6.45) is 7.65. The van der Waals surface area contributed by atoms with Gasteiger partial charge in [0.25, 0.3) is 0 Å². The largest absolute Gasteiger partial charge is 0.464 e. The van der Waals surface area contributed by atoms with Crippen molar-refractivity contribution in [1.82, 2.24) is 36.2 Å². The predicted molar refractivity (Wildman–Crippen MR) is 138 cm³/mol. The van der Waals surface area contributed by atoms with Crippen molar-refractivity contribution in [1.29, 1.82) is 0 Å². The molecule has 1 saturated carbocycles. The van der Waals surface area contributed by atoms with Crippen LogP contribution in [0.5, 0.6) is 0 Å². The number of aromatic amines is 1. The molecule has 39 heavy (non-hydrogen) atoms. The lowest BCUT2D eigenvalue weighted by atomic mass is 10.0. The van der Waals surface area contributed by atoms with E-state index in [0.717, 1.165) is 19.3 Å². The van der Waals surface area contributed by atoms with Gasteiger partial charge in [0.15, 0.2) is 5.82 Å². The quantitative estimate of drug-likeness (QED) is 0.377. The molecule has 2 aliphatic heterocycles. The number of allylic oxidation sites excluding steroid dienone is 1. The second kappa shape index (κ2) is 11.7. The maximum atomic E-state index is 13.9. The smallest absolute Gasteiger partial charge is 0.408 e. The molecule has 13 nitrogen and oxygen atoms in total. The summed E-state index contributed by atoms with van der Waals surface area (Å²) in [5.41, 5.74) is -1.89. The van der Waals surface area contributed by atoms with Crippen molar-refractivity contribution in [2.45, 2.75) is 102 Å². The zero-order valence-electron chi connectivity index (χ0n) is 23.1. The van der Waals surface area contributed by atoms with Gasteiger partial charge < -0.3 is 25.0 Å². The molecule has 0 aromatic carbocycles. The third-order valence-corrected chi connectivity index (χ3v) is 7.34. The van der Waals surface area contributed by atoms with E-state index in [1.807, 2.05) is 12.2 Å². The van der Waals surface area contributed by atoms with E-state index in [-0.39, 0.29) is 31.4 Å². The molecule has 2 fully saturated rings. The molecule has 1 aliphatic carbocycles. The van der Waals surface area contributed by atoms with Gasteiger partial charge in [0.05, 0.1) is 6.61 Å². The maximum absolute atomic E-state index is 13.9. The molecule has 4 rings (SSSR count). The molecule has 0 bridgehead atoms. The van der Waals surface area contributed by atoms with Crippen LogP contribution in [-0.4, -0.2) is 85.8 Å². The number of nitrogens with one attached hydrogen (secondary N) is 3. The molecule has 0 unspecified atom stereocenters. The Kier molecular flexibility index (Phi) is 8.55. The normalized spacial score (nSPS) is 29.8. The number of rotatable bonds is 4. The average Bonchev–Trinajstić information content (AvgIpc) is 3.20. The van der Waals surface area contributed by atoms with E-state index < -0.39 is 47.1 Å². The Morgan fingerprint density at radius 2 is 2.03 bits per heavy atom. The highest BCUT2D eigenvalue weighted by Crippen LogP contribution is 2.46. The predicted octanol–water partition coefficient (Wildman–Crippen LogP) is 1.74. The molecule has 3 amide bonds. The van der Waals surface area contributed by atoms with Gasteiger partial charge >= 0.3 is 12.1 Å². The molecule has 13 heteroatoms. The summed E-state index contributed by atoms with van der Waals surface area (Å²) in [6, 6.07) is -1.78. The van der Waals surface area contributed by atoms with Crippen LogP contribution < -0.4 is 10.6 Å². The van der Waals surface area contributed by atoms with Crippen molar-refractivity contribution in [2.24, 2.45) is 5.92 Å². The number of hydrogen-bond acceptors (Lipinski definition) is 9. The highest BCUT2D eigenvalue weighted by atomic mass is 16.6. The number of carbonyl (C=O) groups excluding carboxylic acids is 4. The summed E-state index contributed by atoms with van der Waals surface area (Å²) in [7, 11) is 0. The summed E-state index contributed by atoms with van der Waals surface area (Å²) < 4.78 is 10.7. The van der Waals surface area contributed by atoms with Crippen molar-refractivity contribution in [3.8, 4) is 0 Å². The average molecular weight is 546 g/mol. The lowest BCUT2D eigenvalue weighted by molar-refractivity contribution is -0.150. The Morgan fingerprint density at radius 1 is 1.23 bits per heavy atom. The van der Waals surface area contributed by atoms with Gasteiger partial charge in [-0.15, -0.1) is 10.2 Å². The van der Waals surface area contributed by atoms with Crippen LogP contribution in [0.15, 0.2) is 12.2 Å². The second-order valence-electron chi connectivity index (χ2n) is 11.5. The number of esters is 1. The van der Waals surface area contributed by atoms with Gasteiger partial charge in [-0.25, -0.2) is 9.59 Å². The molecule has 1 saturated heterocycles. The fourth-order valence-electron chi connectivity index (χ4n) is 5.33. The molecule has 3 aliphatic rings. The Morgan fingerprint density at radius 3 is 2.72 bits per heavy atom. The fourth-order valence-corrected chi connectivity index (χ4v) is 5.33. The molecule has 0 spiro atoms. The summed E-state index contributed by atoms with van der Waals surface area (Å²) in [4.78, 5) is 54.8. The Balaban J connectivity index is 1.63. The number of tetrazole rings is 1. The van der Waals surface area contributed by atoms with Crippen LogP contribution in [0, 0.1) is 5.92 Å². The first-order valence-corrected chi connectivity index (χ1v) is 13.7. The van der Waals surface area contributed by atoms with Crippen molar-refractivity contribution in [3.05, 3.63) is 18.0 Å². The third kappa shape index (κ3) is 6.74. The van der Waals surface area contributed by atoms with E-state index in [4.69, 9.17) is 9.47 Å². The molecule has 3 N–H and O–H groups in total. The van der Waals surface area contributed by atoms with Crippen LogP contribution in [-0.2, 0) is 23.9 Å². The molecule has 1 aromatic heterocycles. The zero-order valence-corrected chi connectivity index (χ0v) is 23.1. The number of alkyl carbamates (subject to hydrolysis) is 1. The highest BCUT2D eigenvalue weighted by molar-refractivity contribution is 5.96. The summed E-state index contributed by atoms with van der Waals surface area (Å²) >= 11 is 0. The van der Waals surface area contributed by atoms with E-state index in [2.05, 4.69) is 31.3 Å². The molecule has 214 valence electrons. The van der Waals surface area contributed by atoms with Gasteiger partial charge in [-0.2, -0.15) is 5.21 Å². The van der Waals surface area contributed by atoms with Crippen LogP contribution in [0.4, 0.5) is 4.79 Å². The third-order valence-electron chi connectivity index (χ3n) is 7.34. The van der Waals surface area contributed by atoms with E-state index in [1.54, 1.807) is 27.7 Å². The number of nitrogens with zero attached hydrogens (tertiary/aromatic N) is 4. The van der Waals surface area contributed by atoms with Crippen LogP contribution in [0.25, 0.3) is 0 Å². The molecule has 1 aromatic rings. The van der Waals surface area contributed by atoms with Crippen LogP contribution in [0.3, 0.4) is 0 Å². The number of H-pyrrole nitrogens is 1. The van der Waals surface area contributed by atoms with Crippen molar-refractivity contribution in [3.63, 3.8) is 0 Å². The Hall–Kier alpha value is -3.51. The first kappa shape index (κ1) is 28.5. The number of aromatic nitrogens is 4. The van der Waals surface area contributed by atoms with Gasteiger partial charge in [-0.1, -0.05) is 30.2 Å².